The highest BCUT2D eigenvalue weighted by molar-refractivity contribution is 5.87. The van der Waals surface area contributed by atoms with Gasteiger partial charge in [0, 0.05) is 29.4 Å². The number of benzene rings is 1. The standard InChI is InChI=1S/C26H34N4O2/c1-16-9-11-21(12-10-16)14-29-19(4)22-13-27-30(26(32)25(22)20(29)5)15-24(31)28-23-8-6-7-17(2)18(23)3/h9-13,17-18,23H,6-8,14-15H2,1-5H3,(H,28,31). The van der Waals surface area contributed by atoms with Crippen molar-refractivity contribution >= 4 is 16.7 Å². The van der Waals surface area contributed by atoms with E-state index in [0.29, 0.717) is 23.8 Å². The fourth-order valence-corrected chi connectivity index (χ4v) is 5.04. The lowest BCUT2D eigenvalue weighted by molar-refractivity contribution is -0.123. The Morgan fingerprint density at radius 3 is 2.53 bits per heavy atom. The summed E-state index contributed by atoms with van der Waals surface area (Å²) in [5, 5.41) is 8.99. The maximum absolute atomic E-state index is 13.3. The molecule has 0 saturated heterocycles. The molecule has 170 valence electrons. The summed E-state index contributed by atoms with van der Waals surface area (Å²) >= 11 is 0. The monoisotopic (exact) mass is 434 g/mol. The topological polar surface area (TPSA) is 68.9 Å². The number of amides is 1. The molecule has 0 aliphatic heterocycles. The van der Waals surface area contributed by atoms with E-state index in [1.165, 1.54) is 22.2 Å². The summed E-state index contributed by atoms with van der Waals surface area (Å²) in [7, 11) is 0. The smallest absolute Gasteiger partial charge is 0.276 e. The molecule has 0 spiro atoms. The molecule has 3 unspecified atom stereocenters. The zero-order valence-electron chi connectivity index (χ0n) is 19.8. The third-order valence-corrected chi connectivity index (χ3v) is 7.41. The van der Waals surface area contributed by atoms with Gasteiger partial charge in [0.2, 0.25) is 5.91 Å². The quantitative estimate of drug-likeness (QED) is 0.657. The molecule has 1 fully saturated rings. The largest absolute Gasteiger partial charge is 0.351 e. The Hall–Kier alpha value is -2.89. The van der Waals surface area contributed by atoms with Crippen molar-refractivity contribution in [3.8, 4) is 0 Å². The zero-order chi connectivity index (χ0) is 23.0. The predicted octanol–water partition coefficient (Wildman–Crippen LogP) is 4.11. The molecule has 6 heteroatoms. The summed E-state index contributed by atoms with van der Waals surface area (Å²) in [4.78, 5) is 26.0. The fraction of sp³-hybridized carbons (Fsp3) is 0.500. The first kappa shape index (κ1) is 22.3. The van der Waals surface area contributed by atoms with Crippen LogP contribution in [0.25, 0.3) is 10.8 Å². The van der Waals surface area contributed by atoms with Crippen LogP contribution in [0.2, 0.25) is 0 Å². The highest BCUT2D eigenvalue weighted by Gasteiger charge is 2.28. The van der Waals surface area contributed by atoms with E-state index in [2.05, 4.69) is 60.0 Å². The second kappa shape index (κ2) is 8.93. The molecular weight excluding hydrogens is 400 g/mol. The van der Waals surface area contributed by atoms with Gasteiger partial charge in [-0.1, -0.05) is 56.5 Å². The second-order valence-electron chi connectivity index (χ2n) is 9.58. The Morgan fingerprint density at radius 2 is 1.81 bits per heavy atom. The molecular formula is C26H34N4O2. The Bertz CT molecular complexity index is 1190. The number of carbonyl (C=O) groups excluding carboxylic acids is 1. The lowest BCUT2D eigenvalue weighted by Gasteiger charge is -2.34. The van der Waals surface area contributed by atoms with Crippen LogP contribution in [-0.4, -0.2) is 26.3 Å². The minimum atomic E-state index is -0.203. The number of aryl methyl sites for hydroxylation is 3. The van der Waals surface area contributed by atoms with E-state index in [0.717, 1.165) is 29.6 Å². The van der Waals surface area contributed by atoms with Crippen LogP contribution in [0.3, 0.4) is 0 Å². The number of rotatable bonds is 5. The molecule has 2 heterocycles. The molecule has 1 saturated carbocycles. The highest BCUT2D eigenvalue weighted by Crippen LogP contribution is 2.29. The molecule has 0 radical (unpaired) electrons. The van der Waals surface area contributed by atoms with Crippen molar-refractivity contribution < 1.29 is 4.79 Å². The van der Waals surface area contributed by atoms with Gasteiger partial charge in [-0.25, -0.2) is 4.68 Å². The minimum absolute atomic E-state index is 0.0476. The first-order valence-electron chi connectivity index (χ1n) is 11.7. The van der Waals surface area contributed by atoms with Gasteiger partial charge < -0.3 is 9.88 Å². The van der Waals surface area contributed by atoms with E-state index in [9.17, 15) is 9.59 Å². The van der Waals surface area contributed by atoms with Crippen molar-refractivity contribution in [2.75, 3.05) is 0 Å². The molecule has 3 aromatic rings. The molecule has 4 rings (SSSR count). The van der Waals surface area contributed by atoms with Crippen molar-refractivity contribution in [2.24, 2.45) is 11.8 Å². The van der Waals surface area contributed by atoms with Crippen molar-refractivity contribution in [2.45, 2.75) is 73.0 Å². The van der Waals surface area contributed by atoms with E-state index >= 15 is 0 Å². The number of nitrogens with zero attached hydrogens (tertiary/aromatic N) is 3. The van der Waals surface area contributed by atoms with Crippen LogP contribution in [0.4, 0.5) is 0 Å². The van der Waals surface area contributed by atoms with Crippen LogP contribution in [0.1, 0.15) is 55.6 Å². The number of aromatic nitrogens is 3. The third-order valence-electron chi connectivity index (χ3n) is 7.41. The van der Waals surface area contributed by atoms with Gasteiger partial charge in [0.25, 0.3) is 5.56 Å². The van der Waals surface area contributed by atoms with Crippen LogP contribution in [-0.2, 0) is 17.9 Å². The predicted molar refractivity (Wildman–Crippen MR) is 128 cm³/mol. The summed E-state index contributed by atoms with van der Waals surface area (Å²) in [6, 6.07) is 8.61. The minimum Gasteiger partial charge on any atom is -0.351 e. The first-order valence-corrected chi connectivity index (χ1v) is 11.7. The van der Waals surface area contributed by atoms with Crippen molar-refractivity contribution in [3.05, 3.63) is 63.3 Å². The third kappa shape index (κ3) is 4.23. The number of hydrogen-bond donors (Lipinski definition) is 1. The van der Waals surface area contributed by atoms with E-state index < -0.39 is 0 Å². The molecule has 1 N–H and O–H groups in total. The molecule has 1 aliphatic rings. The number of nitrogens with one attached hydrogen (secondary N) is 1. The highest BCUT2D eigenvalue weighted by atomic mass is 16.2. The summed E-state index contributed by atoms with van der Waals surface area (Å²) in [5.41, 5.74) is 4.14. The van der Waals surface area contributed by atoms with Crippen LogP contribution >= 0.6 is 0 Å². The van der Waals surface area contributed by atoms with Gasteiger partial charge in [-0.15, -0.1) is 0 Å². The SMILES string of the molecule is Cc1ccc(Cn2c(C)c3cnn(CC(=O)NC4CCCC(C)C4C)c(=O)c3c2C)cc1. The average molecular weight is 435 g/mol. The summed E-state index contributed by atoms with van der Waals surface area (Å²) in [5.74, 6) is 0.907. The lowest BCUT2D eigenvalue weighted by Crippen LogP contribution is -2.45. The Balaban J connectivity index is 1.58. The van der Waals surface area contributed by atoms with E-state index in [-0.39, 0.29) is 24.1 Å². The number of fused-ring (bicyclic) bond motifs is 1. The molecule has 3 atom stereocenters. The van der Waals surface area contributed by atoms with E-state index in [4.69, 9.17) is 0 Å². The first-order chi connectivity index (χ1) is 15.3. The zero-order valence-corrected chi connectivity index (χ0v) is 19.8. The Kier molecular flexibility index (Phi) is 6.22. The Morgan fingerprint density at radius 1 is 1.09 bits per heavy atom. The molecule has 2 aromatic heterocycles. The average Bonchev–Trinajstić information content (AvgIpc) is 3.00. The van der Waals surface area contributed by atoms with Crippen molar-refractivity contribution in [3.63, 3.8) is 0 Å². The summed E-state index contributed by atoms with van der Waals surface area (Å²) in [6.45, 7) is 11.2. The van der Waals surface area contributed by atoms with Gasteiger partial charge in [-0.2, -0.15) is 5.10 Å². The van der Waals surface area contributed by atoms with Crippen LogP contribution in [0.15, 0.2) is 35.3 Å². The van der Waals surface area contributed by atoms with Crippen LogP contribution in [0, 0.1) is 32.6 Å². The second-order valence-corrected chi connectivity index (χ2v) is 9.58. The van der Waals surface area contributed by atoms with Gasteiger partial charge in [-0.05, 0) is 44.6 Å². The maximum atomic E-state index is 13.3. The van der Waals surface area contributed by atoms with Crippen molar-refractivity contribution in [1.29, 1.82) is 0 Å². The van der Waals surface area contributed by atoms with E-state index in [1.807, 2.05) is 13.8 Å². The van der Waals surface area contributed by atoms with E-state index in [1.54, 1.807) is 6.20 Å². The Labute approximate surface area is 189 Å². The molecule has 1 aliphatic carbocycles. The van der Waals surface area contributed by atoms with Crippen LogP contribution in [0.5, 0.6) is 0 Å². The lowest BCUT2D eigenvalue weighted by atomic mass is 9.78. The molecule has 1 amide bonds. The summed E-state index contributed by atoms with van der Waals surface area (Å²) < 4.78 is 3.46. The molecule has 32 heavy (non-hydrogen) atoms. The van der Waals surface area contributed by atoms with Crippen molar-refractivity contribution in [1.82, 2.24) is 19.7 Å². The summed E-state index contributed by atoms with van der Waals surface area (Å²) in [6.07, 6.45) is 5.07. The van der Waals surface area contributed by atoms with Gasteiger partial charge in [0.05, 0.1) is 11.6 Å². The van der Waals surface area contributed by atoms with Gasteiger partial charge >= 0.3 is 0 Å². The van der Waals surface area contributed by atoms with Gasteiger partial charge in [-0.3, -0.25) is 9.59 Å². The molecule has 6 nitrogen and oxygen atoms in total. The van der Waals surface area contributed by atoms with Gasteiger partial charge in [0.15, 0.2) is 0 Å². The maximum Gasteiger partial charge on any atom is 0.276 e. The number of hydrogen-bond acceptors (Lipinski definition) is 3. The fourth-order valence-electron chi connectivity index (χ4n) is 5.04. The molecule has 1 aromatic carbocycles. The number of carbonyl (C=O) groups is 1. The normalized spacial score (nSPS) is 21.1. The van der Waals surface area contributed by atoms with Gasteiger partial charge in [0.1, 0.15) is 6.54 Å². The van der Waals surface area contributed by atoms with Crippen LogP contribution < -0.4 is 10.9 Å². The molecule has 0 bridgehead atoms.